The van der Waals surface area contributed by atoms with Crippen LogP contribution in [0.1, 0.15) is 55.3 Å². The summed E-state index contributed by atoms with van der Waals surface area (Å²) in [6, 6.07) is 6.53. The summed E-state index contributed by atoms with van der Waals surface area (Å²) in [5, 5.41) is 15.4. The molecule has 0 spiro atoms. The first kappa shape index (κ1) is 19.2. The molecule has 7 heteroatoms. The second-order valence-electron chi connectivity index (χ2n) is 6.36. The number of nitrogens with one attached hydrogen (secondary N) is 2. The summed E-state index contributed by atoms with van der Waals surface area (Å²) in [6.07, 6.45) is 4.19. The van der Waals surface area contributed by atoms with Gasteiger partial charge in [0.2, 0.25) is 5.91 Å². The number of carbonyl (C=O) groups excluding carboxylic acids is 2. The highest BCUT2D eigenvalue weighted by atomic mass is 35.5. The van der Waals surface area contributed by atoms with E-state index >= 15 is 0 Å². The van der Waals surface area contributed by atoms with Crippen LogP contribution >= 0.6 is 11.6 Å². The lowest BCUT2D eigenvalue weighted by Gasteiger charge is -2.34. The third kappa shape index (κ3) is 5.46. The van der Waals surface area contributed by atoms with Gasteiger partial charge in [0.1, 0.15) is 5.54 Å². The fourth-order valence-electron chi connectivity index (χ4n) is 3.03. The Bertz CT molecular complexity index is 624. The first-order valence-corrected chi connectivity index (χ1v) is 8.89. The van der Waals surface area contributed by atoms with E-state index in [-0.39, 0.29) is 18.2 Å². The number of rotatable bonds is 7. The topological polar surface area (TPSA) is 95.5 Å². The van der Waals surface area contributed by atoms with Crippen molar-refractivity contribution in [2.45, 2.75) is 50.5 Å². The number of hydrogen-bond acceptors (Lipinski definition) is 3. The van der Waals surface area contributed by atoms with Crippen molar-refractivity contribution < 1.29 is 19.5 Å². The summed E-state index contributed by atoms with van der Waals surface area (Å²) in [5.74, 6) is -1.48. The predicted octanol–water partition coefficient (Wildman–Crippen LogP) is 2.75. The maximum absolute atomic E-state index is 12.1. The number of benzene rings is 1. The van der Waals surface area contributed by atoms with E-state index in [0.29, 0.717) is 36.4 Å². The van der Waals surface area contributed by atoms with Crippen LogP contribution in [0.15, 0.2) is 24.3 Å². The van der Waals surface area contributed by atoms with Gasteiger partial charge in [-0.15, -0.1) is 0 Å². The van der Waals surface area contributed by atoms with Gasteiger partial charge in [-0.25, -0.2) is 4.79 Å². The van der Waals surface area contributed by atoms with Crippen LogP contribution in [-0.4, -0.2) is 35.0 Å². The Morgan fingerprint density at radius 2 is 1.72 bits per heavy atom. The molecule has 0 saturated heterocycles. The Labute approximate surface area is 151 Å². The van der Waals surface area contributed by atoms with E-state index in [9.17, 15) is 19.5 Å². The molecule has 0 unspecified atom stereocenters. The van der Waals surface area contributed by atoms with E-state index in [1.54, 1.807) is 24.3 Å². The maximum Gasteiger partial charge on any atom is 0.329 e. The maximum atomic E-state index is 12.1. The van der Waals surface area contributed by atoms with Gasteiger partial charge < -0.3 is 15.7 Å². The molecule has 136 valence electrons. The molecule has 0 aromatic heterocycles. The van der Waals surface area contributed by atoms with Crippen LogP contribution in [-0.2, 0) is 9.59 Å². The van der Waals surface area contributed by atoms with Crippen LogP contribution in [0.25, 0.3) is 0 Å². The van der Waals surface area contributed by atoms with Gasteiger partial charge in [0, 0.05) is 23.6 Å². The molecule has 0 heterocycles. The first-order valence-electron chi connectivity index (χ1n) is 8.51. The Hall–Kier alpha value is -2.08. The fourth-order valence-corrected chi connectivity index (χ4v) is 3.16. The fraction of sp³-hybridized carbons (Fsp3) is 0.500. The molecule has 0 atom stereocenters. The van der Waals surface area contributed by atoms with Crippen LogP contribution in [0, 0.1) is 0 Å². The molecule has 0 aliphatic heterocycles. The third-order valence-electron chi connectivity index (χ3n) is 4.47. The zero-order chi connectivity index (χ0) is 18.3. The molecule has 1 saturated carbocycles. The van der Waals surface area contributed by atoms with E-state index in [0.717, 1.165) is 19.3 Å². The summed E-state index contributed by atoms with van der Waals surface area (Å²) in [7, 11) is 0. The quantitative estimate of drug-likeness (QED) is 0.646. The Kier molecular flexibility index (Phi) is 6.82. The third-order valence-corrected chi connectivity index (χ3v) is 4.72. The number of carbonyl (C=O) groups is 3. The number of halogens is 1. The van der Waals surface area contributed by atoms with Crippen molar-refractivity contribution in [3.05, 3.63) is 34.9 Å². The van der Waals surface area contributed by atoms with Crippen LogP contribution < -0.4 is 10.6 Å². The highest BCUT2D eigenvalue weighted by Gasteiger charge is 2.40. The van der Waals surface area contributed by atoms with Gasteiger partial charge in [-0.2, -0.15) is 0 Å². The Morgan fingerprint density at radius 3 is 2.32 bits per heavy atom. The molecule has 2 rings (SSSR count). The van der Waals surface area contributed by atoms with Gasteiger partial charge in [0.25, 0.3) is 5.91 Å². The minimum absolute atomic E-state index is 0.177. The van der Waals surface area contributed by atoms with Crippen LogP contribution in [0.2, 0.25) is 5.02 Å². The zero-order valence-corrected chi connectivity index (χ0v) is 14.8. The lowest BCUT2D eigenvalue weighted by atomic mass is 9.81. The summed E-state index contributed by atoms with van der Waals surface area (Å²) >= 11 is 5.77. The minimum atomic E-state index is -1.12. The molecule has 0 radical (unpaired) electrons. The normalized spacial score (nSPS) is 16.0. The van der Waals surface area contributed by atoms with Crippen molar-refractivity contribution in [2.24, 2.45) is 0 Å². The largest absolute Gasteiger partial charge is 0.480 e. The van der Waals surface area contributed by atoms with E-state index in [2.05, 4.69) is 10.6 Å². The summed E-state index contributed by atoms with van der Waals surface area (Å²) < 4.78 is 0. The van der Waals surface area contributed by atoms with Crippen LogP contribution in [0.4, 0.5) is 0 Å². The lowest BCUT2D eigenvalue weighted by Crippen LogP contribution is -2.55. The van der Waals surface area contributed by atoms with Gasteiger partial charge in [-0.3, -0.25) is 9.59 Å². The second kappa shape index (κ2) is 8.85. The molecule has 1 fully saturated rings. The highest BCUT2D eigenvalue weighted by molar-refractivity contribution is 6.30. The number of amides is 2. The van der Waals surface area contributed by atoms with Crippen molar-refractivity contribution in [2.75, 3.05) is 6.54 Å². The second-order valence-corrected chi connectivity index (χ2v) is 6.80. The van der Waals surface area contributed by atoms with E-state index in [1.807, 2.05) is 0 Å². The zero-order valence-electron chi connectivity index (χ0n) is 14.0. The molecule has 1 aromatic carbocycles. The molecule has 25 heavy (non-hydrogen) atoms. The summed E-state index contributed by atoms with van der Waals surface area (Å²) in [4.78, 5) is 35.5. The van der Waals surface area contributed by atoms with Gasteiger partial charge in [0.15, 0.2) is 0 Å². The minimum Gasteiger partial charge on any atom is -0.480 e. The van der Waals surface area contributed by atoms with Gasteiger partial charge in [-0.05, 0) is 43.5 Å². The number of carboxylic acid groups (broad SMARTS) is 1. The van der Waals surface area contributed by atoms with Gasteiger partial charge in [-0.1, -0.05) is 30.9 Å². The van der Waals surface area contributed by atoms with E-state index in [4.69, 9.17) is 11.6 Å². The van der Waals surface area contributed by atoms with Gasteiger partial charge >= 0.3 is 5.97 Å². The number of aliphatic carboxylic acids is 1. The van der Waals surface area contributed by atoms with Crippen LogP contribution in [0.5, 0.6) is 0 Å². The molecular formula is C18H23ClN2O4. The van der Waals surface area contributed by atoms with E-state index < -0.39 is 11.5 Å². The summed E-state index contributed by atoms with van der Waals surface area (Å²) in [5.41, 5.74) is -0.622. The van der Waals surface area contributed by atoms with Crippen molar-refractivity contribution in [3.63, 3.8) is 0 Å². The standard InChI is InChI=1S/C18H23ClN2O4/c19-14-8-6-13(7-9-14)16(23)20-12-4-5-15(22)21-18(17(24)25)10-2-1-3-11-18/h6-9H,1-5,10-12H2,(H,20,23)(H,21,22)(H,24,25). The molecule has 3 N–H and O–H groups in total. The Balaban J connectivity index is 1.73. The van der Waals surface area contributed by atoms with Crippen LogP contribution in [0.3, 0.4) is 0 Å². The molecule has 1 aliphatic rings. The molecule has 1 aromatic rings. The van der Waals surface area contributed by atoms with Crippen molar-refractivity contribution in [1.29, 1.82) is 0 Å². The van der Waals surface area contributed by atoms with E-state index in [1.165, 1.54) is 0 Å². The Morgan fingerprint density at radius 1 is 1.08 bits per heavy atom. The molecule has 1 aliphatic carbocycles. The SMILES string of the molecule is O=C(CCCNC(=O)c1ccc(Cl)cc1)NC1(C(=O)O)CCCCC1. The predicted molar refractivity (Wildman–Crippen MR) is 94.6 cm³/mol. The average molecular weight is 367 g/mol. The molecule has 6 nitrogen and oxygen atoms in total. The molecule has 2 amide bonds. The first-order chi connectivity index (χ1) is 11.9. The molecular weight excluding hydrogens is 344 g/mol. The van der Waals surface area contributed by atoms with Crippen molar-refractivity contribution >= 4 is 29.4 Å². The smallest absolute Gasteiger partial charge is 0.329 e. The molecule has 0 bridgehead atoms. The van der Waals surface area contributed by atoms with Crippen molar-refractivity contribution in [3.8, 4) is 0 Å². The average Bonchev–Trinajstić information content (AvgIpc) is 2.60. The van der Waals surface area contributed by atoms with Gasteiger partial charge in [0.05, 0.1) is 0 Å². The lowest BCUT2D eigenvalue weighted by molar-refractivity contribution is -0.149. The van der Waals surface area contributed by atoms with Crippen molar-refractivity contribution in [1.82, 2.24) is 10.6 Å². The monoisotopic (exact) mass is 366 g/mol. The summed E-state index contributed by atoms with van der Waals surface area (Å²) in [6.45, 7) is 0.342. The number of carboxylic acids is 1. The highest BCUT2D eigenvalue weighted by Crippen LogP contribution is 2.28. The number of hydrogen-bond donors (Lipinski definition) is 3.